The zero-order chi connectivity index (χ0) is 24.0. The van der Waals surface area contributed by atoms with E-state index >= 15 is 0 Å². The number of piperidine rings is 1. The first kappa shape index (κ1) is 25.0. The van der Waals surface area contributed by atoms with Crippen molar-refractivity contribution in [3.8, 4) is 5.75 Å². The number of benzene rings is 2. The summed E-state index contributed by atoms with van der Waals surface area (Å²) in [5, 5.41) is 0.671. The fourth-order valence-corrected chi connectivity index (χ4v) is 6.53. The van der Waals surface area contributed by atoms with Crippen molar-refractivity contribution in [2.45, 2.75) is 63.2 Å². The van der Waals surface area contributed by atoms with E-state index in [4.69, 9.17) is 16.3 Å². The van der Waals surface area contributed by atoms with Gasteiger partial charge in [0.1, 0.15) is 12.0 Å². The molecule has 2 aromatic carbocycles. The van der Waals surface area contributed by atoms with Gasteiger partial charge in [-0.2, -0.15) is 0 Å². The van der Waals surface area contributed by atoms with E-state index in [2.05, 4.69) is 35.7 Å². The smallest absolute Gasteiger partial charge is 0.150 e. The molecule has 0 bridgehead atoms. The minimum atomic E-state index is 0.260. The number of nitrogens with zero attached hydrogens (tertiary/aromatic N) is 1. The van der Waals surface area contributed by atoms with E-state index in [-0.39, 0.29) is 5.41 Å². The number of rotatable bonds is 11. The van der Waals surface area contributed by atoms with E-state index in [1.165, 1.54) is 55.3 Å². The second-order valence-corrected chi connectivity index (χ2v) is 10.5. The van der Waals surface area contributed by atoms with Gasteiger partial charge < -0.3 is 9.64 Å². The number of carbonyl (C=O) groups excluding carboxylic acids is 1. The number of likely N-dealkylation sites (tertiary alicyclic amines) is 1. The lowest BCUT2D eigenvalue weighted by Crippen LogP contribution is -2.52. The summed E-state index contributed by atoms with van der Waals surface area (Å²) in [6.45, 7) is 7.36. The third kappa shape index (κ3) is 5.42. The minimum absolute atomic E-state index is 0.260. The number of carbonyl (C=O) groups is 1. The van der Waals surface area contributed by atoms with Crippen LogP contribution in [0.4, 0.5) is 0 Å². The van der Waals surface area contributed by atoms with Crippen molar-refractivity contribution in [3.63, 3.8) is 0 Å². The number of aryl methyl sites for hydroxylation is 2. The average molecular weight is 480 g/mol. The standard InChI is InChI=1S/C30H38ClNO2/c1-3-4-5-6-15-30-16-18-32(17-7-8-23-10-14-28(31)29(20-23)34-2)21-26(30)12-11-25-19-24(22-33)9-13-27(25)30/h3,9-10,13-14,19-20,22,26H,1,4-8,11-12,15-18,21H2,2H3. The van der Waals surface area contributed by atoms with E-state index in [1.807, 2.05) is 18.2 Å². The van der Waals surface area contributed by atoms with Crippen molar-refractivity contribution in [1.29, 1.82) is 0 Å². The number of fused-ring (bicyclic) bond motifs is 3. The van der Waals surface area contributed by atoms with Crippen molar-refractivity contribution >= 4 is 17.9 Å². The number of hydrogen-bond acceptors (Lipinski definition) is 3. The second-order valence-electron chi connectivity index (χ2n) is 10.1. The van der Waals surface area contributed by atoms with Crippen LogP contribution in [0.1, 0.15) is 72.0 Å². The molecule has 0 saturated carbocycles. The Morgan fingerprint density at radius 1 is 1.21 bits per heavy atom. The van der Waals surface area contributed by atoms with E-state index in [0.717, 1.165) is 56.4 Å². The molecule has 1 saturated heterocycles. The van der Waals surface area contributed by atoms with E-state index in [0.29, 0.717) is 10.9 Å². The molecule has 1 heterocycles. The Kier molecular flexibility index (Phi) is 8.50. The molecule has 34 heavy (non-hydrogen) atoms. The number of unbranched alkanes of at least 4 members (excludes halogenated alkanes) is 2. The molecule has 2 atom stereocenters. The van der Waals surface area contributed by atoms with Crippen molar-refractivity contribution in [2.75, 3.05) is 26.7 Å². The van der Waals surface area contributed by atoms with Crippen LogP contribution in [0.25, 0.3) is 0 Å². The predicted octanol–water partition coefficient (Wildman–Crippen LogP) is 7.05. The number of ether oxygens (including phenoxy) is 1. The lowest BCUT2D eigenvalue weighted by molar-refractivity contribution is 0.0677. The summed E-state index contributed by atoms with van der Waals surface area (Å²) in [6.07, 6.45) is 13.5. The van der Waals surface area contributed by atoms with Crippen molar-refractivity contribution in [2.24, 2.45) is 5.92 Å². The fraction of sp³-hybridized carbons (Fsp3) is 0.500. The summed E-state index contributed by atoms with van der Waals surface area (Å²) in [6, 6.07) is 12.6. The van der Waals surface area contributed by atoms with E-state index < -0.39 is 0 Å². The molecular weight excluding hydrogens is 442 g/mol. The maximum absolute atomic E-state index is 11.4. The third-order valence-corrected chi connectivity index (χ3v) is 8.45. The highest BCUT2D eigenvalue weighted by molar-refractivity contribution is 6.32. The monoisotopic (exact) mass is 479 g/mol. The zero-order valence-corrected chi connectivity index (χ0v) is 21.3. The van der Waals surface area contributed by atoms with Crippen LogP contribution in [-0.4, -0.2) is 37.9 Å². The predicted molar refractivity (Wildman–Crippen MR) is 141 cm³/mol. The molecule has 2 aromatic rings. The molecule has 1 aliphatic carbocycles. The third-order valence-electron chi connectivity index (χ3n) is 8.13. The Hall–Kier alpha value is -2.10. The van der Waals surface area contributed by atoms with Gasteiger partial charge in [-0.15, -0.1) is 6.58 Å². The molecule has 0 spiro atoms. The van der Waals surface area contributed by atoms with E-state index in [9.17, 15) is 4.79 Å². The summed E-state index contributed by atoms with van der Waals surface area (Å²) in [7, 11) is 1.67. The number of methoxy groups -OCH3 is 1. The Morgan fingerprint density at radius 3 is 2.88 bits per heavy atom. The summed E-state index contributed by atoms with van der Waals surface area (Å²) in [4.78, 5) is 14.1. The highest BCUT2D eigenvalue weighted by Gasteiger charge is 2.46. The largest absolute Gasteiger partial charge is 0.495 e. The Bertz CT molecular complexity index is 1000. The second kappa shape index (κ2) is 11.6. The number of aldehydes is 1. The first-order valence-corrected chi connectivity index (χ1v) is 13.2. The molecule has 0 radical (unpaired) electrons. The summed E-state index contributed by atoms with van der Waals surface area (Å²) in [5.74, 6) is 1.45. The van der Waals surface area contributed by atoms with Crippen molar-refractivity contribution in [1.82, 2.24) is 4.90 Å². The van der Waals surface area contributed by atoms with Gasteiger partial charge in [0.25, 0.3) is 0 Å². The van der Waals surface area contributed by atoms with Crippen LogP contribution in [-0.2, 0) is 18.3 Å². The lowest BCUT2D eigenvalue weighted by Gasteiger charge is -2.52. The molecule has 0 N–H and O–H groups in total. The molecule has 2 aliphatic rings. The molecule has 2 unspecified atom stereocenters. The Labute approximate surface area is 210 Å². The first-order chi connectivity index (χ1) is 16.6. The van der Waals surface area contributed by atoms with Crippen LogP contribution in [0.3, 0.4) is 0 Å². The number of halogens is 1. The average Bonchev–Trinajstić information content (AvgIpc) is 2.87. The van der Waals surface area contributed by atoms with Crippen LogP contribution in [0.5, 0.6) is 5.75 Å². The van der Waals surface area contributed by atoms with Crippen LogP contribution < -0.4 is 4.74 Å². The molecule has 0 amide bonds. The fourth-order valence-electron chi connectivity index (χ4n) is 6.33. The van der Waals surface area contributed by atoms with Crippen molar-refractivity contribution in [3.05, 3.63) is 76.3 Å². The SMILES string of the molecule is C=CCCCCC12CCN(CCCc3ccc(Cl)c(OC)c3)CC1CCc1cc(C=O)ccc12. The molecule has 1 fully saturated rings. The first-order valence-electron chi connectivity index (χ1n) is 12.8. The molecule has 4 rings (SSSR count). The van der Waals surface area contributed by atoms with Gasteiger partial charge in [-0.05, 0) is 105 Å². The van der Waals surface area contributed by atoms with Gasteiger partial charge in [0.2, 0.25) is 0 Å². The minimum Gasteiger partial charge on any atom is -0.495 e. The zero-order valence-electron chi connectivity index (χ0n) is 20.5. The van der Waals surface area contributed by atoms with E-state index in [1.54, 1.807) is 7.11 Å². The van der Waals surface area contributed by atoms with Gasteiger partial charge in [-0.3, -0.25) is 4.79 Å². The summed E-state index contributed by atoms with van der Waals surface area (Å²) in [5.41, 5.74) is 5.30. The van der Waals surface area contributed by atoms with Gasteiger partial charge in [0.05, 0.1) is 12.1 Å². The van der Waals surface area contributed by atoms with Gasteiger partial charge in [-0.25, -0.2) is 0 Å². The van der Waals surface area contributed by atoms with Gasteiger partial charge in [0, 0.05) is 17.5 Å². The van der Waals surface area contributed by atoms with Crippen LogP contribution in [0.15, 0.2) is 49.1 Å². The molecular formula is C30H38ClNO2. The van der Waals surface area contributed by atoms with Gasteiger partial charge >= 0.3 is 0 Å². The summed E-state index contributed by atoms with van der Waals surface area (Å²) < 4.78 is 5.38. The number of hydrogen-bond donors (Lipinski definition) is 0. The van der Waals surface area contributed by atoms with Crippen LogP contribution in [0, 0.1) is 5.92 Å². The molecule has 0 aromatic heterocycles. The van der Waals surface area contributed by atoms with Crippen molar-refractivity contribution < 1.29 is 9.53 Å². The molecule has 1 aliphatic heterocycles. The topological polar surface area (TPSA) is 29.5 Å². The summed E-state index contributed by atoms with van der Waals surface area (Å²) >= 11 is 6.18. The maximum atomic E-state index is 11.4. The normalized spacial score (nSPS) is 22.0. The quantitative estimate of drug-likeness (QED) is 0.196. The van der Waals surface area contributed by atoms with Gasteiger partial charge in [0.15, 0.2) is 0 Å². The van der Waals surface area contributed by atoms with Gasteiger partial charge in [-0.1, -0.05) is 42.3 Å². The van der Waals surface area contributed by atoms with Crippen LogP contribution >= 0.6 is 11.6 Å². The Balaban J connectivity index is 1.43. The molecule has 3 nitrogen and oxygen atoms in total. The molecule has 4 heteroatoms. The lowest BCUT2D eigenvalue weighted by atomic mass is 9.57. The highest BCUT2D eigenvalue weighted by Crippen LogP contribution is 2.50. The highest BCUT2D eigenvalue weighted by atomic mass is 35.5. The Morgan fingerprint density at radius 2 is 2.09 bits per heavy atom. The maximum Gasteiger partial charge on any atom is 0.150 e. The number of allylic oxidation sites excluding steroid dienone is 1. The molecule has 182 valence electrons. The van der Waals surface area contributed by atoms with Crippen LogP contribution in [0.2, 0.25) is 5.02 Å².